The molecule has 2 rings (SSSR count). The second-order valence-corrected chi connectivity index (χ2v) is 4.61. The number of ether oxygens (including phenoxy) is 3. The van der Waals surface area contributed by atoms with E-state index in [1.807, 2.05) is 36.4 Å². The first-order valence-electron chi connectivity index (χ1n) is 6.72. The summed E-state index contributed by atoms with van der Waals surface area (Å²) in [6.07, 6.45) is -0.264. The molecule has 21 heavy (non-hydrogen) atoms. The van der Waals surface area contributed by atoms with Crippen molar-refractivity contribution in [2.75, 3.05) is 21.3 Å². The van der Waals surface area contributed by atoms with Crippen LogP contribution in [0.15, 0.2) is 42.5 Å². The maximum atomic E-state index is 10.5. The van der Waals surface area contributed by atoms with Gasteiger partial charge in [-0.05, 0) is 17.7 Å². The van der Waals surface area contributed by atoms with Gasteiger partial charge in [-0.15, -0.1) is 0 Å². The predicted octanol–water partition coefficient (Wildman–Crippen LogP) is 2.99. The molecular formula is C17H20O4. The summed E-state index contributed by atoms with van der Waals surface area (Å²) in [6.45, 7) is 0. The molecule has 0 amide bonds. The van der Waals surface area contributed by atoms with Gasteiger partial charge in [-0.25, -0.2) is 0 Å². The summed E-state index contributed by atoms with van der Waals surface area (Å²) in [7, 11) is 4.77. The zero-order valence-electron chi connectivity index (χ0n) is 12.5. The van der Waals surface area contributed by atoms with E-state index < -0.39 is 6.10 Å². The Morgan fingerprint density at radius 1 is 0.857 bits per heavy atom. The average molecular weight is 288 g/mol. The van der Waals surface area contributed by atoms with Crippen molar-refractivity contribution in [2.24, 2.45) is 0 Å². The van der Waals surface area contributed by atoms with E-state index in [1.165, 1.54) is 0 Å². The fraction of sp³-hybridized carbons (Fsp3) is 0.294. The van der Waals surface area contributed by atoms with Gasteiger partial charge in [0.2, 0.25) is 0 Å². The zero-order valence-corrected chi connectivity index (χ0v) is 12.5. The number of hydrogen-bond donors (Lipinski definition) is 1. The summed E-state index contributed by atoms with van der Waals surface area (Å²) in [5.74, 6) is 1.93. The van der Waals surface area contributed by atoms with E-state index in [1.54, 1.807) is 27.4 Å². The quantitative estimate of drug-likeness (QED) is 0.887. The number of aliphatic hydroxyl groups excluding tert-OH is 1. The molecule has 0 saturated heterocycles. The molecule has 0 bridgehead atoms. The van der Waals surface area contributed by atoms with Gasteiger partial charge >= 0.3 is 0 Å². The number of hydrogen-bond acceptors (Lipinski definition) is 4. The second-order valence-electron chi connectivity index (χ2n) is 4.61. The van der Waals surface area contributed by atoms with Crippen molar-refractivity contribution in [3.63, 3.8) is 0 Å². The van der Waals surface area contributed by atoms with Crippen molar-refractivity contribution in [3.05, 3.63) is 53.6 Å². The maximum Gasteiger partial charge on any atom is 0.166 e. The maximum absolute atomic E-state index is 10.5. The van der Waals surface area contributed by atoms with E-state index in [-0.39, 0.29) is 0 Å². The third-order valence-electron chi connectivity index (χ3n) is 3.40. The van der Waals surface area contributed by atoms with Gasteiger partial charge < -0.3 is 19.3 Å². The molecule has 0 radical (unpaired) electrons. The molecule has 1 N–H and O–H groups in total. The monoisotopic (exact) mass is 288 g/mol. The Morgan fingerprint density at radius 3 is 2.19 bits per heavy atom. The van der Waals surface area contributed by atoms with Crippen LogP contribution in [0.5, 0.6) is 17.2 Å². The van der Waals surface area contributed by atoms with E-state index in [0.29, 0.717) is 23.5 Å². The molecule has 2 aromatic rings. The highest BCUT2D eigenvalue weighted by Gasteiger charge is 2.18. The number of aliphatic hydroxyl groups is 1. The summed E-state index contributed by atoms with van der Waals surface area (Å²) in [4.78, 5) is 0. The van der Waals surface area contributed by atoms with Gasteiger partial charge in [-0.3, -0.25) is 0 Å². The highest BCUT2D eigenvalue weighted by atomic mass is 16.5. The van der Waals surface area contributed by atoms with E-state index in [9.17, 15) is 5.11 Å². The Labute approximate surface area is 124 Å². The predicted molar refractivity (Wildman–Crippen MR) is 81.2 cm³/mol. The van der Waals surface area contributed by atoms with Gasteiger partial charge in [0, 0.05) is 12.0 Å². The average Bonchev–Trinajstić information content (AvgIpc) is 2.54. The van der Waals surface area contributed by atoms with Crippen LogP contribution in [0.25, 0.3) is 0 Å². The summed E-state index contributed by atoms with van der Waals surface area (Å²) in [6, 6.07) is 13.1. The van der Waals surface area contributed by atoms with Crippen molar-refractivity contribution in [2.45, 2.75) is 12.5 Å². The molecular weight excluding hydrogens is 268 g/mol. The summed E-state index contributed by atoms with van der Waals surface area (Å²) in [5, 5.41) is 10.5. The molecule has 112 valence electrons. The Kier molecular flexibility index (Phi) is 5.06. The van der Waals surface area contributed by atoms with E-state index in [4.69, 9.17) is 14.2 Å². The molecule has 0 heterocycles. The SMILES string of the molecule is COc1ccccc1CC(O)c1cccc(OC)c1OC. The molecule has 0 aliphatic rings. The van der Waals surface area contributed by atoms with Crippen LogP contribution in [0, 0.1) is 0 Å². The Bertz CT molecular complexity index is 595. The molecule has 0 saturated carbocycles. The topological polar surface area (TPSA) is 47.9 Å². The third-order valence-corrected chi connectivity index (χ3v) is 3.40. The minimum absolute atomic E-state index is 0.438. The smallest absolute Gasteiger partial charge is 0.166 e. The fourth-order valence-electron chi connectivity index (χ4n) is 2.36. The Balaban J connectivity index is 2.30. The van der Waals surface area contributed by atoms with Crippen LogP contribution in [0.2, 0.25) is 0 Å². The van der Waals surface area contributed by atoms with E-state index in [0.717, 1.165) is 11.3 Å². The molecule has 0 aromatic heterocycles. The molecule has 2 aromatic carbocycles. The molecule has 0 spiro atoms. The van der Waals surface area contributed by atoms with Crippen LogP contribution < -0.4 is 14.2 Å². The Morgan fingerprint density at radius 2 is 1.52 bits per heavy atom. The standard InChI is InChI=1S/C17H20O4/c1-19-15-9-5-4-7-12(15)11-14(18)13-8-6-10-16(20-2)17(13)21-3/h4-10,14,18H,11H2,1-3H3. The lowest BCUT2D eigenvalue weighted by Crippen LogP contribution is -2.06. The lowest BCUT2D eigenvalue weighted by atomic mass is 9.99. The second kappa shape index (κ2) is 6.99. The fourth-order valence-corrected chi connectivity index (χ4v) is 2.36. The van der Waals surface area contributed by atoms with Crippen LogP contribution in [-0.4, -0.2) is 26.4 Å². The molecule has 1 atom stereocenters. The normalized spacial score (nSPS) is 11.8. The molecule has 0 fully saturated rings. The van der Waals surface area contributed by atoms with Crippen molar-refractivity contribution < 1.29 is 19.3 Å². The summed E-state index contributed by atoms with van der Waals surface area (Å²) < 4.78 is 15.9. The lowest BCUT2D eigenvalue weighted by molar-refractivity contribution is 0.172. The highest BCUT2D eigenvalue weighted by molar-refractivity contribution is 5.48. The van der Waals surface area contributed by atoms with Crippen LogP contribution in [0.3, 0.4) is 0 Å². The summed E-state index contributed by atoms with van der Waals surface area (Å²) >= 11 is 0. The molecule has 0 aliphatic carbocycles. The minimum Gasteiger partial charge on any atom is -0.496 e. The molecule has 4 heteroatoms. The largest absolute Gasteiger partial charge is 0.496 e. The van der Waals surface area contributed by atoms with Crippen molar-refractivity contribution in [3.8, 4) is 17.2 Å². The molecule has 4 nitrogen and oxygen atoms in total. The first kappa shape index (κ1) is 15.2. The molecule has 0 aliphatic heterocycles. The van der Waals surface area contributed by atoms with Gasteiger partial charge in [0.25, 0.3) is 0 Å². The van der Waals surface area contributed by atoms with Crippen molar-refractivity contribution >= 4 is 0 Å². The van der Waals surface area contributed by atoms with Gasteiger partial charge in [-0.1, -0.05) is 30.3 Å². The van der Waals surface area contributed by atoms with Crippen LogP contribution in [0.4, 0.5) is 0 Å². The van der Waals surface area contributed by atoms with E-state index >= 15 is 0 Å². The summed E-state index contributed by atoms with van der Waals surface area (Å²) in [5.41, 5.74) is 1.64. The first-order chi connectivity index (χ1) is 10.2. The van der Waals surface area contributed by atoms with Gasteiger partial charge in [0.15, 0.2) is 11.5 Å². The number of rotatable bonds is 6. The third kappa shape index (κ3) is 3.28. The first-order valence-corrected chi connectivity index (χ1v) is 6.72. The van der Waals surface area contributed by atoms with Crippen molar-refractivity contribution in [1.29, 1.82) is 0 Å². The number of methoxy groups -OCH3 is 3. The minimum atomic E-state index is -0.702. The van der Waals surface area contributed by atoms with Gasteiger partial charge in [0.1, 0.15) is 5.75 Å². The van der Waals surface area contributed by atoms with Crippen LogP contribution in [-0.2, 0) is 6.42 Å². The Hall–Kier alpha value is -2.20. The van der Waals surface area contributed by atoms with Gasteiger partial charge in [-0.2, -0.15) is 0 Å². The van der Waals surface area contributed by atoms with Crippen LogP contribution >= 0.6 is 0 Å². The highest BCUT2D eigenvalue weighted by Crippen LogP contribution is 2.36. The van der Waals surface area contributed by atoms with Gasteiger partial charge in [0.05, 0.1) is 27.4 Å². The number of benzene rings is 2. The zero-order chi connectivity index (χ0) is 15.2. The lowest BCUT2D eigenvalue weighted by Gasteiger charge is -2.18. The van der Waals surface area contributed by atoms with Crippen LogP contribution in [0.1, 0.15) is 17.2 Å². The van der Waals surface area contributed by atoms with Crippen molar-refractivity contribution in [1.82, 2.24) is 0 Å². The van der Waals surface area contributed by atoms with E-state index in [2.05, 4.69) is 0 Å². The molecule has 1 unspecified atom stereocenters. The number of para-hydroxylation sites is 2.